The normalized spacial score (nSPS) is 12.7. The Morgan fingerprint density at radius 3 is 2.50 bits per heavy atom. The van der Waals surface area contributed by atoms with E-state index in [1.807, 2.05) is 6.92 Å². The van der Waals surface area contributed by atoms with Crippen LogP contribution in [-0.4, -0.2) is 20.3 Å². The predicted molar refractivity (Wildman–Crippen MR) is 63.2 cm³/mol. The molecule has 102 valence electrons. The first kappa shape index (κ1) is 15.0. The highest BCUT2D eigenvalue weighted by Crippen LogP contribution is 2.30. The van der Waals surface area contributed by atoms with Gasteiger partial charge >= 0.3 is 5.25 Å². The monoisotopic (exact) mass is 280 g/mol. The van der Waals surface area contributed by atoms with E-state index in [2.05, 4.69) is 0 Å². The van der Waals surface area contributed by atoms with Gasteiger partial charge in [-0.3, -0.25) is 0 Å². The smallest absolute Gasteiger partial charge is 0.243 e. The lowest BCUT2D eigenvalue weighted by molar-refractivity contribution is 0.0620. The molecule has 1 aromatic carbocycles. The molecule has 1 aromatic rings. The van der Waals surface area contributed by atoms with Crippen LogP contribution in [0.5, 0.6) is 0 Å². The van der Waals surface area contributed by atoms with Gasteiger partial charge in [0.15, 0.2) is 6.67 Å². The summed E-state index contributed by atoms with van der Waals surface area (Å²) in [6.07, 6.45) is 2.36. The number of alkyl halides is 3. The highest BCUT2D eigenvalue weighted by molar-refractivity contribution is 7.92. The number of hydrogen-bond acceptors (Lipinski definition) is 2. The molecule has 0 heterocycles. The quantitative estimate of drug-likeness (QED) is 0.800. The molecular weight excluding hydrogens is 265 g/mol. The largest absolute Gasteiger partial charge is 0.377 e. The van der Waals surface area contributed by atoms with Crippen LogP contribution in [0.15, 0.2) is 29.2 Å². The minimum atomic E-state index is -4.94. The Bertz CT molecular complexity index is 498. The third kappa shape index (κ3) is 3.04. The maximum atomic E-state index is 13.0. The molecule has 0 aliphatic rings. The van der Waals surface area contributed by atoms with Crippen LogP contribution in [0.2, 0.25) is 0 Å². The molecule has 0 radical (unpaired) electrons. The predicted octanol–water partition coefficient (Wildman–Crippen LogP) is 3.37. The molecule has 0 aliphatic carbocycles. The summed E-state index contributed by atoms with van der Waals surface area (Å²) < 4.78 is 61.2. The van der Waals surface area contributed by atoms with E-state index in [0.717, 1.165) is 18.9 Å². The number of hydrogen-bond donors (Lipinski definition) is 0. The van der Waals surface area contributed by atoms with Crippen molar-refractivity contribution in [3.05, 3.63) is 29.8 Å². The fourth-order valence-electron chi connectivity index (χ4n) is 1.49. The van der Waals surface area contributed by atoms with Crippen LogP contribution in [0, 0.1) is 0 Å². The maximum absolute atomic E-state index is 13.0. The molecule has 0 bridgehead atoms. The number of rotatable bonds is 6. The number of benzene rings is 1. The van der Waals surface area contributed by atoms with Crippen molar-refractivity contribution >= 4 is 9.84 Å². The van der Waals surface area contributed by atoms with Crippen LogP contribution >= 0.6 is 0 Å². The van der Waals surface area contributed by atoms with Crippen molar-refractivity contribution in [2.45, 2.75) is 36.3 Å². The van der Waals surface area contributed by atoms with Gasteiger partial charge in [0.25, 0.3) is 0 Å². The van der Waals surface area contributed by atoms with Gasteiger partial charge in [0.05, 0.1) is 4.90 Å². The molecule has 1 rings (SSSR count). The van der Waals surface area contributed by atoms with Gasteiger partial charge in [-0.2, -0.15) is 8.78 Å². The lowest BCUT2D eigenvalue weighted by atomic mass is 10.1. The zero-order chi connectivity index (χ0) is 13.8. The summed E-state index contributed by atoms with van der Waals surface area (Å²) >= 11 is 0. The number of halogens is 3. The molecule has 0 aromatic heterocycles. The van der Waals surface area contributed by atoms with Crippen molar-refractivity contribution in [3.8, 4) is 0 Å². The summed E-state index contributed by atoms with van der Waals surface area (Å²) in [6.45, 7) is -0.244. The molecule has 0 fully saturated rings. The minimum absolute atomic E-state index is 0.529. The van der Waals surface area contributed by atoms with E-state index in [1.54, 1.807) is 6.07 Å². The lowest BCUT2D eigenvalue weighted by Gasteiger charge is -2.14. The summed E-state index contributed by atoms with van der Waals surface area (Å²) in [5.74, 6) is 0. The second-order valence-corrected chi connectivity index (χ2v) is 6.10. The highest BCUT2D eigenvalue weighted by Gasteiger charge is 2.46. The van der Waals surface area contributed by atoms with Gasteiger partial charge in [-0.25, -0.2) is 12.8 Å². The van der Waals surface area contributed by atoms with Crippen molar-refractivity contribution in [1.82, 2.24) is 0 Å². The van der Waals surface area contributed by atoms with Gasteiger partial charge in [0.1, 0.15) is 0 Å². The molecule has 18 heavy (non-hydrogen) atoms. The van der Waals surface area contributed by atoms with Crippen LogP contribution in [-0.2, 0) is 16.3 Å². The molecule has 0 amide bonds. The van der Waals surface area contributed by atoms with Gasteiger partial charge in [-0.05, 0) is 30.5 Å². The highest BCUT2D eigenvalue weighted by atomic mass is 32.2. The SMILES string of the molecule is CCCCc1cccc(S(=O)(=O)C(F)(F)CF)c1. The van der Waals surface area contributed by atoms with Gasteiger partial charge < -0.3 is 0 Å². The zero-order valence-electron chi connectivity index (χ0n) is 10.00. The van der Waals surface area contributed by atoms with Crippen molar-refractivity contribution in [2.24, 2.45) is 0 Å². The second kappa shape index (κ2) is 5.73. The standard InChI is InChI=1S/C12H15F3O2S/c1-2-3-5-10-6-4-7-11(8-10)18(16,17)12(14,15)9-13/h4,6-8H,2-3,5,9H2,1H3. The van der Waals surface area contributed by atoms with Crippen LogP contribution in [0.25, 0.3) is 0 Å². The molecule has 2 nitrogen and oxygen atoms in total. The first-order chi connectivity index (χ1) is 8.35. The summed E-state index contributed by atoms with van der Waals surface area (Å²) in [7, 11) is -4.94. The average Bonchev–Trinajstić information content (AvgIpc) is 2.36. The Morgan fingerprint density at radius 1 is 1.28 bits per heavy atom. The fourth-order valence-corrected chi connectivity index (χ4v) is 2.55. The van der Waals surface area contributed by atoms with Crippen molar-refractivity contribution in [2.75, 3.05) is 6.67 Å². The first-order valence-corrected chi connectivity index (χ1v) is 7.11. The van der Waals surface area contributed by atoms with E-state index in [9.17, 15) is 21.6 Å². The average molecular weight is 280 g/mol. The molecule has 0 saturated heterocycles. The molecule has 0 atom stereocenters. The molecule has 0 aliphatic heterocycles. The van der Waals surface area contributed by atoms with Crippen LogP contribution in [0.4, 0.5) is 13.2 Å². The lowest BCUT2D eigenvalue weighted by Crippen LogP contribution is -2.31. The van der Waals surface area contributed by atoms with Gasteiger partial charge in [-0.15, -0.1) is 0 Å². The van der Waals surface area contributed by atoms with Gasteiger partial charge in [0.2, 0.25) is 9.84 Å². The Hall–Kier alpha value is -1.04. The number of sulfone groups is 1. The molecule has 6 heteroatoms. The van der Waals surface area contributed by atoms with E-state index in [1.165, 1.54) is 12.1 Å². The van der Waals surface area contributed by atoms with E-state index >= 15 is 0 Å². The summed E-state index contributed by atoms with van der Waals surface area (Å²) in [5, 5.41) is -4.36. The van der Waals surface area contributed by atoms with Crippen molar-refractivity contribution in [1.29, 1.82) is 0 Å². The molecule has 0 N–H and O–H groups in total. The zero-order valence-corrected chi connectivity index (χ0v) is 10.8. The van der Waals surface area contributed by atoms with E-state index in [4.69, 9.17) is 0 Å². The van der Waals surface area contributed by atoms with Crippen LogP contribution in [0.1, 0.15) is 25.3 Å². The second-order valence-electron chi connectivity index (χ2n) is 4.03. The summed E-state index contributed by atoms with van der Waals surface area (Å²) in [6, 6.07) is 5.32. The first-order valence-electron chi connectivity index (χ1n) is 5.62. The third-order valence-corrected chi connectivity index (χ3v) is 4.35. The van der Waals surface area contributed by atoms with E-state index in [-0.39, 0.29) is 0 Å². The van der Waals surface area contributed by atoms with Gasteiger partial charge in [0, 0.05) is 0 Å². The Balaban J connectivity index is 3.10. The Morgan fingerprint density at radius 2 is 1.94 bits per heavy atom. The van der Waals surface area contributed by atoms with E-state index in [0.29, 0.717) is 12.0 Å². The molecule has 0 saturated carbocycles. The van der Waals surface area contributed by atoms with Crippen molar-refractivity contribution in [3.63, 3.8) is 0 Å². The van der Waals surface area contributed by atoms with Gasteiger partial charge in [-0.1, -0.05) is 25.5 Å². The number of unbranched alkanes of at least 4 members (excludes halogenated alkanes) is 1. The third-order valence-electron chi connectivity index (χ3n) is 2.58. The maximum Gasteiger partial charge on any atom is 0.377 e. The topological polar surface area (TPSA) is 34.1 Å². The fraction of sp³-hybridized carbons (Fsp3) is 0.500. The number of aryl methyl sites for hydroxylation is 1. The van der Waals surface area contributed by atoms with E-state index < -0.39 is 26.7 Å². The molecule has 0 unspecified atom stereocenters. The Labute approximate surface area is 105 Å². The summed E-state index contributed by atoms with van der Waals surface area (Å²) in [5.41, 5.74) is 0.660. The summed E-state index contributed by atoms with van der Waals surface area (Å²) in [4.78, 5) is -0.529. The molecular formula is C12H15F3O2S. The minimum Gasteiger partial charge on any atom is -0.243 e. The van der Waals surface area contributed by atoms with Crippen molar-refractivity contribution < 1.29 is 21.6 Å². The van der Waals surface area contributed by atoms with Crippen LogP contribution < -0.4 is 0 Å². The van der Waals surface area contributed by atoms with Crippen LogP contribution in [0.3, 0.4) is 0 Å². The Kier molecular flexibility index (Phi) is 4.78. The molecule has 0 spiro atoms.